The van der Waals surface area contributed by atoms with Crippen LogP contribution in [0.25, 0.3) is 16.9 Å². The van der Waals surface area contributed by atoms with E-state index < -0.39 is 0 Å². The predicted molar refractivity (Wildman–Crippen MR) is 123 cm³/mol. The molecule has 0 aliphatic carbocycles. The first kappa shape index (κ1) is 19.6. The van der Waals surface area contributed by atoms with Gasteiger partial charge >= 0.3 is 0 Å². The van der Waals surface area contributed by atoms with Crippen molar-refractivity contribution in [1.82, 2.24) is 9.47 Å². The van der Waals surface area contributed by atoms with Crippen molar-refractivity contribution in [3.05, 3.63) is 76.4 Å². The molecule has 28 heavy (non-hydrogen) atoms. The Morgan fingerprint density at radius 2 is 1.64 bits per heavy atom. The number of halogens is 1. The van der Waals surface area contributed by atoms with Gasteiger partial charge in [-0.2, -0.15) is 11.8 Å². The van der Waals surface area contributed by atoms with Crippen LogP contribution < -0.4 is 0 Å². The Balaban J connectivity index is 1.77. The zero-order valence-corrected chi connectivity index (χ0v) is 18.2. The normalized spacial score (nSPS) is 15.1. The average molecular weight is 411 g/mol. The highest BCUT2D eigenvalue weighted by Crippen LogP contribution is 2.31. The van der Waals surface area contributed by atoms with Crippen LogP contribution in [0.4, 0.5) is 0 Å². The van der Waals surface area contributed by atoms with E-state index in [9.17, 15) is 0 Å². The smallest absolute Gasteiger partial charge is 0.0534 e. The highest BCUT2D eigenvalue weighted by molar-refractivity contribution is 7.99. The fourth-order valence-electron chi connectivity index (χ4n) is 3.87. The largest absolute Gasteiger partial charge is 0.314 e. The highest BCUT2D eigenvalue weighted by atomic mass is 35.5. The summed E-state index contributed by atoms with van der Waals surface area (Å²) in [6.07, 6.45) is 1.07. The lowest BCUT2D eigenvalue weighted by Crippen LogP contribution is -2.32. The van der Waals surface area contributed by atoms with E-state index in [0.29, 0.717) is 0 Å². The van der Waals surface area contributed by atoms with Gasteiger partial charge in [-0.1, -0.05) is 42.8 Å². The highest BCUT2D eigenvalue weighted by Gasteiger charge is 2.18. The van der Waals surface area contributed by atoms with Crippen LogP contribution in [-0.2, 0) is 13.0 Å². The van der Waals surface area contributed by atoms with Gasteiger partial charge in [0.25, 0.3) is 0 Å². The number of aryl methyl sites for hydroxylation is 1. The minimum Gasteiger partial charge on any atom is -0.314 e. The molecule has 1 aromatic heterocycles. The summed E-state index contributed by atoms with van der Waals surface area (Å²) in [7, 11) is 0. The third-order valence-corrected chi connectivity index (χ3v) is 6.79. The SMILES string of the molecule is CCc1ccc(-c2cc(CN3CCSCC3)c(C)n2-c2ccc(Cl)cc2)cc1. The molecule has 146 valence electrons. The van der Waals surface area contributed by atoms with Crippen LogP contribution in [0.5, 0.6) is 0 Å². The molecule has 0 atom stereocenters. The fraction of sp³-hybridized carbons (Fsp3) is 0.333. The van der Waals surface area contributed by atoms with Gasteiger partial charge in [-0.05, 0) is 60.4 Å². The lowest BCUT2D eigenvalue weighted by atomic mass is 10.1. The molecule has 1 fully saturated rings. The number of nitrogens with zero attached hydrogens (tertiary/aromatic N) is 2. The zero-order chi connectivity index (χ0) is 19.5. The third-order valence-electron chi connectivity index (χ3n) is 5.59. The van der Waals surface area contributed by atoms with Gasteiger partial charge in [-0.15, -0.1) is 0 Å². The van der Waals surface area contributed by atoms with Crippen molar-refractivity contribution in [3.8, 4) is 16.9 Å². The Hall–Kier alpha value is -1.68. The van der Waals surface area contributed by atoms with Crippen LogP contribution in [0, 0.1) is 6.92 Å². The Bertz CT molecular complexity index is 922. The lowest BCUT2D eigenvalue weighted by molar-refractivity contribution is 0.294. The van der Waals surface area contributed by atoms with E-state index >= 15 is 0 Å². The van der Waals surface area contributed by atoms with Crippen LogP contribution in [0.3, 0.4) is 0 Å². The van der Waals surface area contributed by atoms with E-state index in [0.717, 1.165) is 23.7 Å². The monoisotopic (exact) mass is 410 g/mol. The first-order valence-corrected chi connectivity index (χ1v) is 11.6. The molecule has 1 aliphatic heterocycles. The van der Waals surface area contributed by atoms with Crippen molar-refractivity contribution in [3.63, 3.8) is 0 Å². The van der Waals surface area contributed by atoms with Gasteiger partial charge in [0, 0.05) is 47.5 Å². The number of benzene rings is 2. The van der Waals surface area contributed by atoms with E-state index in [2.05, 4.69) is 77.5 Å². The molecular formula is C24H27ClN2S. The molecule has 1 saturated heterocycles. The quantitative estimate of drug-likeness (QED) is 0.493. The van der Waals surface area contributed by atoms with Gasteiger partial charge in [-0.3, -0.25) is 4.90 Å². The summed E-state index contributed by atoms with van der Waals surface area (Å²) in [6, 6.07) is 19.5. The van der Waals surface area contributed by atoms with Gasteiger partial charge in [0.15, 0.2) is 0 Å². The Morgan fingerprint density at radius 1 is 0.964 bits per heavy atom. The Morgan fingerprint density at radius 3 is 2.29 bits per heavy atom. The third kappa shape index (κ3) is 4.17. The predicted octanol–water partition coefficient (Wildman–Crippen LogP) is 6.22. The number of rotatable bonds is 5. The second kappa shape index (κ2) is 8.77. The maximum Gasteiger partial charge on any atom is 0.0534 e. The first-order chi connectivity index (χ1) is 13.7. The number of aromatic nitrogens is 1. The van der Waals surface area contributed by atoms with Gasteiger partial charge in [0.1, 0.15) is 0 Å². The summed E-state index contributed by atoms with van der Waals surface area (Å²) in [6.45, 7) is 7.82. The van der Waals surface area contributed by atoms with E-state index in [1.807, 2.05) is 12.1 Å². The molecule has 2 aromatic carbocycles. The molecule has 0 saturated carbocycles. The van der Waals surface area contributed by atoms with Crippen LogP contribution in [-0.4, -0.2) is 34.1 Å². The fourth-order valence-corrected chi connectivity index (χ4v) is 4.97. The minimum absolute atomic E-state index is 0.772. The zero-order valence-electron chi connectivity index (χ0n) is 16.6. The van der Waals surface area contributed by atoms with E-state index in [-0.39, 0.29) is 0 Å². The number of hydrogen-bond acceptors (Lipinski definition) is 2. The van der Waals surface area contributed by atoms with Crippen LogP contribution in [0.15, 0.2) is 54.6 Å². The minimum atomic E-state index is 0.772. The second-order valence-electron chi connectivity index (χ2n) is 7.39. The Kier molecular flexibility index (Phi) is 6.15. The van der Waals surface area contributed by atoms with Crippen molar-refractivity contribution in [2.75, 3.05) is 24.6 Å². The average Bonchev–Trinajstić information content (AvgIpc) is 3.05. The maximum absolute atomic E-state index is 6.15. The van der Waals surface area contributed by atoms with Crippen molar-refractivity contribution in [2.45, 2.75) is 26.8 Å². The Labute approximate surface area is 177 Å². The molecule has 0 bridgehead atoms. The number of hydrogen-bond donors (Lipinski definition) is 0. The van der Waals surface area contributed by atoms with Crippen molar-refractivity contribution in [2.24, 2.45) is 0 Å². The molecule has 4 heteroatoms. The molecule has 0 unspecified atom stereocenters. The maximum atomic E-state index is 6.15. The topological polar surface area (TPSA) is 8.17 Å². The van der Waals surface area contributed by atoms with E-state index in [4.69, 9.17) is 11.6 Å². The van der Waals surface area contributed by atoms with Gasteiger partial charge in [0.05, 0.1) is 5.69 Å². The molecule has 0 amide bonds. The summed E-state index contributed by atoms with van der Waals surface area (Å²) in [4.78, 5) is 2.58. The summed E-state index contributed by atoms with van der Waals surface area (Å²) >= 11 is 8.21. The van der Waals surface area contributed by atoms with E-state index in [1.165, 1.54) is 52.7 Å². The van der Waals surface area contributed by atoms with Crippen molar-refractivity contribution in [1.29, 1.82) is 0 Å². The molecule has 0 radical (unpaired) electrons. The summed E-state index contributed by atoms with van der Waals surface area (Å²) in [5.74, 6) is 2.48. The van der Waals surface area contributed by atoms with Crippen LogP contribution in [0.1, 0.15) is 23.7 Å². The summed E-state index contributed by atoms with van der Waals surface area (Å²) in [5.41, 5.74) is 7.78. The van der Waals surface area contributed by atoms with Crippen molar-refractivity contribution >= 4 is 23.4 Å². The lowest BCUT2D eigenvalue weighted by Gasteiger charge is -2.26. The van der Waals surface area contributed by atoms with Crippen LogP contribution in [0.2, 0.25) is 5.02 Å². The molecule has 1 aliphatic rings. The standard InChI is InChI=1S/C24H27ClN2S/c1-3-19-4-6-20(7-5-19)24-16-21(17-26-12-14-28-15-13-26)18(2)27(24)23-10-8-22(25)9-11-23/h4-11,16H,3,12-15,17H2,1-2H3. The molecule has 0 N–H and O–H groups in total. The molecule has 2 heterocycles. The summed E-state index contributed by atoms with van der Waals surface area (Å²) in [5, 5.41) is 0.772. The molecule has 4 rings (SSSR count). The van der Waals surface area contributed by atoms with Crippen LogP contribution >= 0.6 is 23.4 Å². The molecule has 2 nitrogen and oxygen atoms in total. The van der Waals surface area contributed by atoms with Gasteiger partial charge < -0.3 is 4.57 Å². The summed E-state index contributed by atoms with van der Waals surface area (Å²) < 4.78 is 2.38. The molecular weight excluding hydrogens is 384 g/mol. The first-order valence-electron chi connectivity index (χ1n) is 10.0. The van der Waals surface area contributed by atoms with Crippen molar-refractivity contribution < 1.29 is 0 Å². The van der Waals surface area contributed by atoms with Gasteiger partial charge in [0.2, 0.25) is 0 Å². The molecule has 3 aromatic rings. The van der Waals surface area contributed by atoms with Gasteiger partial charge in [-0.25, -0.2) is 0 Å². The second-order valence-corrected chi connectivity index (χ2v) is 9.05. The van der Waals surface area contributed by atoms with E-state index in [1.54, 1.807) is 0 Å². The number of thioether (sulfide) groups is 1. The molecule has 0 spiro atoms.